The van der Waals surface area contributed by atoms with Crippen LogP contribution in [0, 0.1) is 0 Å². The molecule has 1 aromatic carbocycles. The van der Waals surface area contributed by atoms with Gasteiger partial charge >= 0.3 is 0 Å². The Morgan fingerprint density at radius 1 is 1.40 bits per heavy atom. The molecule has 2 atom stereocenters. The van der Waals surface area contributed by atoms with E-state index in [0.29, 0.717) is 5.02 Å². The number of hydrogen-bond donors (Lipinski definition) is 2. The van der Waals surface area contributed by atoms with Crippen molar-refractivity contribution in [1.82, 2.24) is 0 Å². The summed E-state index contributed by atoms with van der Waals surface area (Å²) in [6.07, 6.45) is 2.77. The van der Waals surface area contributed by atoms with E-state index in [0.717, 1.165) is 29.4 Å². The van der Waals surface area contributed by atoms with Crippen LogP contribution in [0.5, 0.6) is 0 Å². The van der Waals surface area contributed by atoms with E-state index < -0.39 is 0 Å². The van der Waals surface area contributed by atoms with Crippen LogP contribution in [0.1, 0.15) is 19.3 Å². The summed E-state index contributed by atoms with van der Waals surface area (Å²) in [5.41, 5.74) is 0.967. The lowest BCUT2D eigenvalue weighted by molar-refractivity contribution is 0.172. The predicted molar refractivity (Wildman–Crippen MR) is 66.4 cm³/mol. The Morgan fingerprint density at radius 2 is 2.20 bits per heavy atom. The van der Waals surface area contributed by atoms with Crippen LogP contribution in [0.3, 0.4) is 0 Å². The van der Waals surface area contributed by atoms with Crippen LogP contribution in [0.25, 0.3) is 0 Å². The van der Waals surface area contributed by atoms with Crippen LogP contribution in [-0.4, -0.2) is 17.3 Å². The Balaban J connectivity index is 2.07. The zero-order chi connectivity index (χ0) is 10.8. The summed E-state index contributed by atoms with van der Waals surface area (Å²) in [6, 6.07) is 5.91. The first-order valence-electron chi connectivity index (χ1n) is 5.06. The monoisotopic (exact) mass is 289 g/mol. The SMILES string of the molecule is OC1CCCC1Nc1ccc(Br)c(Cl)c1. The number of aliphatic hydroxyl groups is 1. The van der Waals surface area contributed by atoms with Crippen molar-refractivity contribution in [1.29, 1.82) is 0 Å². The van der Waals surface area contributed by atoms with Gasteiger partial charge in [0.1, 0.15) is 0 Å². The van der Waals surface area contributed by atoms with Gasteiger partial charge in [0.2, 0.25) is 0 Å². The molecular weight excluding hydrogens is 277 g/mol. The van der Waals surface area contributed by atoms with E-state index in [2.05, 4.69) is 21.2 Å². The van der Waals surface area contributed by atoms with Crippen LogP contribution in [0.15, 0.2) is 22.7 Å². The fraction of sp³-hybridized carbons (Fsp3) is 0.455. The highest BCUT2D eigenvalue weighted by Gasteiger charge is 2.24. The van der Waals surface area contributed by atoms with E-state index in [1.54, 1.807) is 0 Å². The molecule has 0 heterocycles. The minimum atomic E-state index is -0.229. The molecule has 1 aromatic rings. The molecule has 0 amide bonds. The molecule has 1 fully saturated rings. The molecule has 0 aromatic heterocycles. The molecule has 0 bridgehead atoms. The molecule has 2 nitrogen and oxygen atoms in total. The standard InChI is InChI=1S/C11H13BrClNO/c12-8-5-4-7(6-9(8)13)14-10-2-1-3-11(10)15/h4-6,10-11,14-15H,1-3H2. The third-order valence-corrected chi connectivity index (χ3v) is 3.98. The van der Waals surface area contributed by atoms with Crippen LogP contribution in [0.4, 0.5) is 5.69 Å². The number of nitrogens with one attached hydrogen (secondary N) is 1. The molecule has 0 spiro atoms. The van der Waals surface area contributed by atoms with Gasteiger partial charge in [-0.2, -0.15) is 0 Å². The van der Waals surface area contributed by atoms with Crippen molar-refractivity contribution in [3.63, 3.8) is 0 Å². The summed E-state index contributed by atoms with van der Waals surface area (Å²) in [6.45, 7) is 0. The summed E-state index contributed by atoms with van der Waals surface area (Å²) in [4.78, 5) is 0. The van der Waals surface area contributed by atoms with Gasteiger partial charge in [-0.15, -0.1) is 0 Å². The van der Waals surface area contributed by atoms with Gasteiger partial charge in [-0.3, -0.25) is 0 Å². The third-order valence-electron chi connectivity index (χ3n) is 2.75. The summed E-state index contributed by atoms with van der Waals surface area (Å²) >= 11 is 9.33. The van der Waals surface area contributed by atoms with Crippen molar-refractivity contribution in [2.45, 2.75) is 31.4 Å². The number of hydrogen-bond acceptors (Lipinski definition) is 2. The molecule has 1 aliphatic rings. The smallest absolute Gasteiger partial charge is 0.0741 e. The predicted octanol–water partition coefficient (Wildman–Crippen LogP) is 3.43. The van der Waals surface area contributed by atoms with Crippen molar-refractivity contribution < 1.29 is 5.11 Å². The van der Waals surface area contributed by atoms with E-state index in [1.807, 2.05) is 18.2 Å². The molecule has 1 saturated carbocycles. The zero-order valence-electron chi connectivity index (χ0n) is 8.21. The molecule has 0 aliphatic heterocycles. The maximum atomic E-state index is 9.67. The lowest BCUT2D eigenvalue weighted by Gasteiger charge is -2.18. The average molecular weight is 291 g/mol. The summed E-state index contributed by atoms with van der Waals surface area (Å²) in [7, 11) is 0. The van der Waals surface area contributed by atoms with E-state index in [-0.39, 0.29) is 12.1 Å². The van der Waals surface area contributed by atoms with E-state index in [9.17, 15) is 5.11 Å². The Morgan fingerprint density at radius 3 is 2.80 bits per heavy atom. The Kier molecular flexibility index (Phi) is 3.54. The van der Waals surface area contributed by atoms with E-state index in [4.69, 9.17) is 11.6 Å². The maximum absolute atomic E-state index is 9.67. The maximum Gasteiger partial charge on any atom is 0.0741 e. The van der Waals surface area contributed by atoms with Gasteiger partial charge in [0.15, 0.2) is 0 Å². The molecule has 2 N–H and O–H groups in total. The van der Waals surface area contributed by atoms with E-state index in [1.165, 1.54) is 0 Å². The fourth-order valence-electron chi connectivity index (χ4n) is 1.91. The van der Waals surface area contributed by atoms with E-state index >= 15 is 0 Å². The Bertz CT molecular complexity index is 358. The van der Waals surface area contributed by atoms with Crippen LogP contribution in [-0.2, 0) is 0 Å². The first-order chi connectivity index (χ1) is 7.16. The van der Waals surface area contributed by atoms with Crippen molar-refractivity contribution in [3.8, 4) is 0 Å². The Hall–Kier alpha value is -0.250. The molecular formula is C11H13BrClNO. The van der Waals surface area contributed by atoms with Crippen molar-refractivity contribution in [2.75, 3.05) is 5.32 Å². The van der Waals surface area contributed by atoms with Gasteiger partial charge in [-0.1, -0.05) is 11.6 Å². The number of halogens is 2. The molecule has 15 heavy (non-hydrogen) atoms. The number of aliphatic hydroxyl groups excluding tert-OH is 1. The lowest BCUT2D eigenvalue weighted by Crippen LogP contribution is -2.27. The third kappa shape index (κ3) is 2.65. The molecule has 1 aliphatic carbocycles. The van der Waals surface area contributed by atoms with Gasteiger partial charge < -0.3 is 10.4 Å². The highest BCUT2D eigenvalue weighted by molar-refractivity contribution is 9.10. The van der Waals surface area contributed by atoms with Crippen molar-refractivity contribution >= 4 is 33.2 Å². The molecule has 0 radical (unpaired) electrons. The minimum Gasteiger partial charge on any atom is -0.391 e. The molecule has 2 rings (SSSR count). The fourth-order valence-corrected chi connectivity index (χ4v) is 2.34. The van der Waals surface area contributed by atoms with Gasteiger partial charge in [-0.25, -0.2) is 0 Å². The highest BCUT2D eigenvalue weighted by Crippen LogP contribution is 2.28. The first kappa shape index (κ1) is 11.2. The summed E-state index contributed by atoms with van der Waals surface area (Å²) in [5.74, 6) is 0. The topological polar surface area (TPSA) is 32.3 Å². The molecule has 0 saturated heterocycles. The number of rotatable bonds is 2. The van der Waals surface area contributed by atoms with Crippen LogP contribution >= 0.6 is 27.5 Å². The normalized spacial score (nSPS) is 25.5. The number of benzene rings is 1. The second-order valence-electron chi connectivity index (χ2n) is 3.88. The molecule has 4 heteroatoms. The zero-order valence-corrected chi connectivity index (χ0v) is 10.6. The second kappa shape index (κ2) is 4.73. The second-order valence-corrected chi connectivity index (χ2v) is 5.14. The Labute approximate surface area is 103 Å². The first-order valence-corrected chi connectivity index (χ1v) is 6.23. The molecule has 2 unspecified atom stereocenters. The van der Waals surface area contributed by atoms with Gasteiger partial charge in [0.25, 0.3) is 0 Å². The minimum absolute atomic E-state index is 0.169. The largest absolute Gasteiger partial charge is 0.391 e. The summed E-state index contributed by atoms with van der Waals surface area (Å²) < 4.78 is 0.890. The average Bonchev–Trinajstić information content (AvgIpc) is 2.59. The highest BCUT2D eigenvalue weighted by atomic mass is 79.9. The van der Waals surface area contributed by atoms with Crippen molar-refractivity contribution in [2.24, 2.45) is 0 Å². The molecule has 82 valence electrons. The van der Waals surface area contributed by atoms with Gasteiger partial charge in [0.05, 0.1) is 17.2 Å². The van der Waals surface area contributed by atoms with Crippen molar-refractivity contribution in [3.05, 3.63) is 27.7 Å². The van der Waals surface area contributed by atoms with Gasteiger partial charge in [0, 0.05) is 10.2 Å². The van der Waals surface area contributed by atoms with Crippen LogP contribution in [0.2, 0.25) is 5.02 Å². The summed E-state index contributed by atoms with van der Waals surface area (Å²) in [5, 5.41) is 13.7. The lowest BCUT2D eigenvalue weighted by atomic mass is 10.2. The van der Waals surface area contributed by atoms with Crippen LogP contribution < -0.4 is 5.32 Å². The quantitative estimate of drug-likeness (QED) is 0.874. The number of anilines is 1. The van der Waals surface area contributed by atoms with Gasteiger partial charge in [-0.05, 0) is 53.4 Å².